The zero-order valence-electron chi connectivity index (χ0n) is 30.1. The highest BCUT2D eigenvalue weighted by molar-refractivity contribution is 7.80. The molecule has 12 heteroatoms. The maximum Gasteiger partial charge on any atom is 0.331 e. The fourth-order valence-electron chi connectivity index (χ4n) is 5.10. The molecule has 0 heterocycles. The van der Waals surface area contributed by atoms with Crippen molar-refractivity contribution >= 4 is 30.4 Å². The van der Waals surface area contributed by atoms with Crippen LogP contribution >= 0.6 is 12.6 Å². The van der Waals surface area contributed by atoms with Crippen LogP contribution in [0.2, 0.25) is 0 Å². The summed E-state index contributed by atoms with van der Waals surface area (Å²) in [6, 6.07) is 5.61. The van der Waals surface area contributed by atoms with Gasteiger partial charge in [-0.3, -0.25) is 9.59 Å². The third-order valence-electron chi connectivity index (χ3n) is 7.98. The predicted octanol–water partition coefficient (Wildman–Crippen LogP) is 3.96. The van der Waals surface area contributed by atoms with Gasteiger partial charge >= 0.3 is 5.97 Å². The van der Waals surface area contributed by atoms with Gasteiger partial charge in [0.2, 0.25) is 11.8 Å². The third kappa shape index (κ3) is 14.2. The van der Waals surface area contributed by atoms with Crippen LogP contribution in [0.5, 0.6) is 5.75 Å². The normalized spacial score (nSPS) is 14.4. The molecule has 1 aromatic rings. The summed E-state index contributed by atoms with van der Waals surface area (Å²) >= 11 is 4.08. The number of carboxylic acids is 1. The van der Waals surface area contributed by atoms with Gasteiger partial charge in [0.25, 0.3) is 0 Å². The number of benzene rings is 1. The standard InChI is InChI=1S/C35H59N3O8S/c1-24(2)28(23-25(3)33(41)42)38(10)32(40)30(34(4,5)6)37-31(39)29(36-9)35(7,8)26-11-13-27(14-12-26)46-20-19-44-16-15-43-17-18-45-21-22-47/h11-14,23-24,28-30,36,47H,15-22H2,1-10H3,(H,37,39)(H,41,42)/b25-23+. The minimum absolute atomic E-state index is 0.0449. The first-order chi connectivity index (χ1) is 22.0. The van der Waals surface area contributed by atoms with Gasteiger partial charge in [-0.2, -0.15) is 12.6 Å². The summed E-state index contributed by atoms with van der Waals surface area (Å²) in [6.45, 7) is 18.4. The van der Waals surface area contributed by atoms with Crippen molar-refractivity contribution in [2.75, 3.05) is 66.1 Å². The van der Waals surface area contributed by atoms with Gasteiger partial charge in [-0.25, -0.2) is 4.79 Å². The highest BCUT2D eigenvalue weighted by Crippen LogP contribution is 2.30. The second-order valence-corrected chi connectivity index (χ2v) is 14.0. The summed E-state index contributed by atoms with van der Waals surface area (Å²) in [5.41, 5.74) is -0.203. The minimum atomic E-state index is -1.04. The first kappa shape index (κ1) is 42.4. The average molecular weight is 682 g/mol. The molecule has 11 nitrogen and oxygen atoms in total. The molecule has 2 amide bonds. The molecule has 0 aliphatic heterocycles. The average Bonchev–Trinajstić information content (AvgIpc) is 3.00. The molecule has 3 atom stereocenters. The van der Waals surface area contributed by atoms with E-state index in [9.17, 15) is 19.5 Å². The second kappa shape index (κ2) is 20.7. The molecule has 3 unspecified atom stereocenters. The van der Waals surface area contributed by atoms with E-state index in [0.29, 0.717) is 57.8 Å². The molecule has 0 aliphatic carbocycles. The number of nitrogens with one attached hydrogen (secondary N) is 2. The largest absolute Gasteiger partial charge is 0.491 e. The van der Waals surface area contributed by atoms with Crippen LogP contribution in [0.3, 0.4) is 0 Å². The molecule has 0 aliphatic rings. The van der Waals surface area contributed by atoms with Crippen molar-refractivity contribution in [2.45, 2.75) is 78.9 Å². The minimum Gasteiger partial charge on any atom is -0.491 e. The van der Waals surface area contributed by atoms with E-state index in [1.54, 1.807) is 20.2 Å². The number of carboxylic acid groups (broad SMARTS) is 1. The molecule has 268 valence electrons. The van der Waals surface area contributed by atoms with Crippen LogP contribution in [0, 0.1) is 11.3 Å². The predicted molar refractivity (Wildman–Crippen MR) is 188 cm³/mol. The van der Waals surface area contributed by atoms with Crippen molar-refractivity contribution in [3.63, 3.8) is 0 Å². The highest BCUT2D eigenvalue weighted by atomic mass is 32.1. The lowest BCUT2D eigenvalue weighted by Crippen LogP contribution is -2.61. The smallest absolute Gasteiger partial charge is 0.331 e. The Morgan fingerprint density at radius 2 is 1.40 bits per heavy atom. The molecule has 0 saturated carbocycles. The molecular formula is C35H59N3O8S. The Bertz CT molecular complexity index is 1130. The summed E-state index contributed by atoms with van der Waals surface area (Å²) in [6.07, 6.45) is 1.59. The van der Waals surface area contributed by atoms with E-state index in [-0.39, 0.29) is 23.3 Å². The Hall–Kier alpha value is -2.64. The van der Waals surface area contributed by atoms with Gasteiger partial charge in [0.1, 0.15) is 18.4 Å². The monoisotopic (exact) mass is 681 g/mol. The number of nitrogens with zero attached hydrogens (tertiary/aromatic N) is 1. The SMILES string of the molecule is CNC(C(=O)NC(C(=O)N(C)C(/C=C(\C)C(=O)O)C(C)C)C(C)(C)C)C(C)(C)c1ccc(OCCOCCOCCOCCS)cc1. The van der Waals surface area contributed by atoms with Crippen molar-refractivity contribution in [1.29, 1.82) is 0 Å². The maximum absolute atomic E-state index is 13.9. The molecule has 1 aromatic carbocycles. The fraction of sp³-hybridized carbons (Fsp3) is 0.686. The summed E-state index contributed by atoms with van der Waals surface area (Å²) < 4.78 is 22.1. The van der Waals surface area contributed by atoms with E-state index in [4.69, 9.17) is 18.9 Å². The number of likely N-dealkylation sites (N-methyl/N-ethyl adjacent to an activating group) is 2. The topological polar surface area (TPSA) is 136 Å². The van der Waals surface area contributed by atoms with Gasteiger partial charge < -0.3 is 39.6 Å². The maximum atomic E-state index is 13.9. The van der Waals surface area contributed by atoms with E-state index in [2.05, 4.69) is 23.3 Å². The quantitative estimate of drug-likeness (QED) is 0.0815. The molecule has 0 radical (unpaired) electrons. The number of rotatable bonds is 22. The molecule has 1 rings (SSSR count). The lowest BCUT2D eigenvalue weighted by molar-refractivity contribution is -0.141. The fourth-order valence-corrected chi connectivity index (χ4v) is 5.22. The number of thiol groups is 1. The summed E-state index contributed by atoms with van der Waals surface area (Å²) in [7, 11) is 3.37. The Balaban J connectivity index is 2.89. The Kier molecular flexibility index (Phi) is 18.6. The van der Waals surface area contributed by atoms with Crippen LogP contribution in [-0.4, -0.2) is 112 Å². The Labute approximate surface area is 287 Å². The number of ether oxygens (including phenoxy) is 4. The van der Waals surface area contributed by atoms with Crippen LogP contribution in [-0.2, 0) is 34.0 Å². The van der Waals surface area contributed by atoms with Crippen LogP contribution in [0.1, 0.15) is 61.0 Å². The number of hydrogen-bond acceptors (Lipinski definition) is 9. The summed E-state index contributed by atoms with van der Waals surface area (Å²) in [5, 5.41) is 15.6. The number of hydrogen-bond donors (Lipinski definition) is 4. The third-order valence-corrected chi connectivity index (χ3v) is 8.17. The van der Waals surface area contributed by atoms with Gasteiger partial charge in [-0.15, -0.1) is 0 Å². The number of carbonyl (C=O) groups excluding carboxylic acids is 2. The van der Waals surface area contributed by atoms with E-state index in [1.165, 1.54) is 11.8 Å². The number of aliphatic carboxylic acids is 1. The summed E-state index contributed by atoms with van der Waals surface area (Å²) in [5.74, 6) is -0.316. The molecule has 0 spiro atoms. The van der Waals surface area contributed by atoms with E-state index < -0.39 is 34.9 Å². The molecule has 0 bridgehead atoms. The van der Waals surface area contributed by atoms with Gasteiger partial charge in [-0.1, -0.05) is 66.7 Å². The first-order valence-corrected chi connectivity index (χ1v) is 16.9. The van der Waals surface area contributed by atoms with Crippen LogP contribution in [0.4, 0.5) is 0 Å². The van der Waals surface area contributed by atoms with E-state index in [1.807, 2.05) is 72.7 Å². The molecule has 0 saturated heterocycles. The van der Waals surface area contributed by atoms with Gasteiger partial charge in [0.15, 0.2) is 0 Å². The Morgan fingerprint density at radius 3 is 1.85 bits per heavy atom. The first-order valence-electron chi connectivity index (χ1n) is 16.2. The van der Waals surface area contributed by atoms with Crippen LogP contribution in [0.15, 0.2) is 35.9 Å². The second-order valence-electron chi connectivity index (χ2n) is 13.5. The van der Waals surface area contributed by atoms with Gasteiger partial charge in [0, 0.05) is 23.8 Å². The van der Waals surface area contributed by atoms with Crippen LogP contribution in [0.25, 0.3) is 0 Å². The van der Waals surface area contributed by atoms with Crippen molar-refractivity contribution < 1.29 is 38.4 Å². The molecule has 0 fully saturated rings. The number of amides is 2. The zero-order valence-corrected chi connectivity index (χ0v) is 30.9. The van der Waals surface area contributed by atoms with Gasteiger partial charge in [-0.05, 0) is 43.0 Å². The van der Waals surface area contributed by atoms with E-state index in [0.717, 1.165) is 5.56 Å². The van der Waals surface area contributed by atoms with Crippen molar-refractivity contribution in [1.82, 2.24) is 15.5 Å². The van der Waals surface area contributed by atoms with Crippen molar-refractivity contribution in [3.05, 3.63) is 41.5 Å². The Morgan fingerprint density at radius 1 is 0.894 bits per heavy atom. The van der Waals surface area contributed by atoms with Crippen molar-refractivity contribution in [2.24, 2.45) is 11.3 Å². The lowest BCUT2D eigenvalue weighted by atomic mass is 9.76. The molecule has 3 N–H and O–H groups in total. The van der Waals surface area contributed by atoms with E-state index >= 15 is 0 Å². The number of carbonyl (C=O) groups is 3. The zero-order chi connectivity index (χ0) is 35.8. The highest BCUT2D eigenvalue weighted by Gasteiger charge is 2.41. The van der Waals surface area contributed by atoms with Crippen molar-refractivity contribution in [3.8, 4) is 5.75 Å². The molecular weight excluding hydrogens is 622 g/mol. The lowest BCUT2D eigenvalue weighted by Gasteiger charge is -2.40. The van der Waals surface area contributed by atoms with Crippen LogP contribution < -0.4 is 15.4 Å². The van der Waals surface area contributed by atoms with Gasteiger partial charge in [0.05, 0.1) is 51.7 Å². The summed E-state index contributed by atoms with van der Waals surface area (Å²) in [4.78, 5) is 40.8. The molecule has 47 heavy (non-hydrogen) atoms. The molecule has 0 aromatic heterocycles.